The average molecular weight is 420 g/mol. The van der Waals surface area contributed by atoms with E-state index in [-0.39, 0.29) is 24.5 Å². The molecule has 5 atom stereocenters. The summed E-state index contributed by atoms with van der Waals surface area (Å²) in [7, 11) is 0. The first-order chi connectivity index (χ1) is 14.3. The lowest BCUT2D eigenvalue weighted by molar-refractivity contribution is -0.122. The summed E-state index contributed by atoms with van der Waals surface area (Å²) in [6.07, 6.45) is 3.48. The largest absolute Gasteiger partial charge is 0.393 e. The van der Waals surface area contributed by atoms with E-state index in [4.69, 9.17) is 4.74 Å². The summed E-state index contributed by atoms with van der Waals surface area (Å²) in [5.41, 5.74) is 2.49. The van der Waals surface area contributed by atoms with Gasteiger partial charge < -0.3 is 25.4 Å². The molecule has 6 heteroatoms. The van der Waals surface area contributed by atoms with Crippen molar-refractivity contribution in [3.63, 3.8) is 0 Å². The Labute approximate surface area is 179 Å². The molecule has 1 aromatic rings. The minimum absolute atomic E-state index is 0.0131. The van der Waals surface area contributed by atoms with Crippen LogP contribution < -0.4 is 5.32 Å². The Hall–Kier alpha value is -1.47. The normalized spacial score (nSPS) is 34.1. The van der Waals surface area contributed by atoms with Crippen LogP contribution in [0.3, 0.4) is 0 Å². The van der Waals surface area contributed by atoms with Gasteiger partial charge in [-0.3, -0.25) is 4.79 Å². The van der Waals surface area contributed by atoms with E-state index in [9.17, 15) is 20.1 Å². The lowest BCUT2D eigenvalue weighted by atomic mass is 9.70. The van der Waals surface area contributed by atoms with Crippen LogP contribution in [0, 0.1) is 5.41 Å². The van der Waals surface area contributed by atoms with Gasteiger partial charge in [0.25, 0.3) is 0 Å². The molecule has 4 N–H and O–H groups in total. The van der Waals surface area contributed by atoms with E-state index >= 15 is 0 Å². The zero-order valence-electron chi connectivity index (χ0n) is 18.3. The second-order valence-electron chi connectivity index (χ2n) is 9.31. The maximum Gasteiger partial charge on any atom is 0.220 e. The van der Waals surface area contributed by atoms with E-state index in [2.05, 4.69) is 12.2 Å². The summed E-state index contributed by atoms with van der Waals surface area (Å²) in [5, 5.41) is 34.2. The fourth-order valence-corrected chi connectivity index (χ4v) is 5.14. The first kappa shape index (κ1) is 23.2. The number of benzene rings is 1. The summed E-state index contributed by atoms with van der Waals surface area (Å²) in [6.45, 7) is 4.88. The highest BCUT2D eigenvalue weighted by Gasteiger charge is 2.47. The van der Waals surface area contributed by atoms with E-state index in [0.29, 0.717) is 45.3 Å². The van der Waals surface area contributed by atoms with E-state index in [1.54, 1.807) is 0 Å². The Morgan fingerprint density at radius 3 is 2.77 bits per heavy atom. The van der Waals surface area contributed by atoms with Crippen LogP contribution >= 0.6 is 0 Å². The molecule has 0 spiro atoms. The standard InChI is InChI=1S/C24H37NO5/c1-16-3-5-19(27)14-17-4-6-20(18(13-17)15-26)21-7-8-22(28)24(21,2)10-9-23(29)25-11-12-30-16/h4,6,13,16,19,21-22,26-28H,3,5,7-12,14-15H2,1-2H3,(H,25,29)/t16?,19-,21-,22-,24-/m0/s1. The van der Waals surface area contributed by atoms with Gasteiger partial charge in [-0.05, 0) is 68.1 Å². The Morgan fingerprint density at radius 1 is 1.20 bits per heavy atom. The van der Waals surface area contributed by atoms with Crippen LogP contribution in [0.1, 0.15) is 75.0 Å². The van der Waals surface area contributed by atoms with Gasteiger partial charge in [0.2, 0.25) is 5.91 Å². The second-order valence-corrected chi connectivity index (χ2v) is 9.31. The van der Waals surface area contributed by atoms with Crippen molar-refractivity contribution in [2.75, 3.05) is 13.2 Å². The molecule has 4 rings (SSSR count). The fraction of sp³-hybridized carbons (Fsp3) is 0.708. The summed E-state index contributed by atoms with van der Waals surface area (Å²) >= 11 is 0. The molecule has 0 saturated heterocycles. The maximum absolute atomic E-state index is 12.4. The van der Waals surface area contributed by atoms with Crippen LogP contribution in [-0.4, -0.2) is 52.7 Å². The molecule has 30 heavy (non-hydrogen) atoms. The van der Waals surface area contributed by atoms with Crippen LogP contribution in [0.4, 0.5) is 0 Å². The van der Waals surface area contributed by atoms with Gasteiger partial charge in [-0.2, -0.15) is 0 Å². The van der Waals surface area contributed by atoms with Crippen molar-refractivity contribution < 1.29 is 24.9 Å². The molecule has 3 aliphatic rings. The minimum Gasteiger partial charge on any atom is -0.393 e. The number of carbonyl (C=O) groups is 1. The number of ether oxygens (including phenoxy) is 1. The molecular formula is C24H37NO5. The number of fused-ring (bicyclic) bond motifs is 13. The lowest BCUT2D eigenvalue weighted by Crippen LogP contribution is -2.35. The van der Waals surface area contributed by atoms with Crippen molar-refractivity contribution in [1.82, 2.24) is 5.32 Å². The van der Waals surface area contributed by atoms with E-state index < -0.39 is 17.6 Å². The SMILES string of the molecule is CC1CC[C@H](O)Cc2ccc(c(CO)c2)[C@@H]2CC[C@H](O)[C@@]2(C)CCC(=O)NCCO1. The molecule has 1 amide bonds. The van der Waals surface area contributed by atoms with Gasteiger partial charge in [0, 0.05) is 18.4 Å². The van der Waals surface area contributed by atoms with Crippen LogP contribution in [0.15, 0.2) is 18.2 Å². The van der Waals surface area contributed by atoms with Crippen LogP contribution in [0.25, 0.3) is 0 Å². The van der Waals surface area contributed by atoms with Crippen LogP contribution in [0.5, 0.6) is 0 Å². The number of carbonyl (C=O) groups excluding carboxylic acids is 1. The highest BCUT2D eigenvalue weighted by atomic mass is 16.5. The van der Waals surface area contributed by atoms with Crippen LogP contribution in [0.2, 0.25) is 0 Å². The number of aliphatic hydroxyl groups is 3. The van der Waals surface area contributed by atoms with E-state index in [1.807, 2.05) is 25.1 Å². The Bertz CT molecular complexity index is 724. The molecule has 0 aromatic heterocycles. The predicted octanol–water partition coefficient (Wildman–Crippen LogP) is 2.42. The van der Waals surface area contributed by atoms with Gasteiger partial charge in [-0.1, -0.05) is 25.1 Å². The van der Waals surface area contributed by atoms with Gasteiger partial charge in [0.15, 0.2) is 0 Å². The third kappa shape index (κ3) is 5.41. The van der Waals surface area contributed by atoms with Gasteiger partial charge in [-0.25, -0.2) is 0 Å². The summed E-state index contributed by atoms with van der Waals surface area (Å²) in [6, 6.07) is 6.06. The predicted molar refractivity (Wildman–Crippen MR) is 115 cm³/mol. The molecule has 2 aliphatic heterocycles. The van der Waals surface area contributed by atoms with Crippen molar-refractivity contribution in [1.29, 1.82) is 0 Å². The van der Waals surface area contributed by atoms with Crippen LogP contribution in [-0.2, 0) is 22.6 Å². The molecule has 1 aliphatic carbocycles. The molecule has 2 heterocycles. The number of rotatable bonds is 1. The number of nitrogens with one attached hydrogen (secondary N) is 1. The summed E-state index contributed by atoms with van der Waals surface area (Å²) < 4.78 is 5.75. The Morgan fingerprint density at radius 2 is 2.00 bits per heavy atom. The first-order valence-electron chi connectivity index (χ1n) is 11.3. The average Bonchev–Trinajstić information content (AvgIpc) is 3.02. The molecule has 1 unspecified atom stereocenters. The van der Waals surface area contributed by atoms with Gasteiger partial charge >= 0.3 is 0 Å². The molecule has 1 fully saturated rings. The summed E-state index contributed by atoms with van der Waals surface area (Å²) in [4.78, 5) is 12.4. The van der Waals surface area contributed by atoms with Crippen molar-refractivity contribution in [3.05, 3.63) is 34.9 Å². The number of hydrogen-bond donors (Lipinski definition) is 4. The van der Waals surface area contributed by atoms with Crippen molar-refractivity contribution >= 4 is 5.91 Å². The highest BCUT2D eigenvalue weighted by molar-refractivity contribution is 5.75. The number of aliphatic hydroxyl groups excluding tert-OH is 3. The first-order valence-corrected chi connectivity index (χ1v) is 11.3. The Kier molecular flexibility index (Phi) is 7.91. The van der Waals surface area contributed by atoms with E-state index in [0.717, 1.165) is 29.5 Å². The van der Waals surface area contributed by atoms with Crippen molar-refractivity contribution in [3.8, 4) is 0 Å². The van der Waals surface area contributed by atoms with E-state index in [1.165, 1.54) is 0 Å². The third-order valence-corrected chi connectivity index (χ3v) is 7.13. The van der Waals surface area contributed by atoms with Gasteiger partial charge in [-0.15, -0.1) is 0 Å². The maximum atomic E-state index is 12.4. The second kappa shape index (κ2) is 10.2. The molecule has 0 radical (unpaired) electrons. The molecule has 1 aromatic carbocycles. The quantitative estimate of drug-likeness (QED) is 0.560. The topological polar surface area (TPSA) is 99.0 Å². The van der Waals surface area contributed by atoms with Gasteiger partial charge in [0.05, 0.1) is 31.5 Å². The monoisotopic (exact) mass is 419 g/mol. The molecule has 2 bridgehead atoms. The Balaban J connectivity index is 1.88. The molecule has 6 nitrogen and oxygen atoms in total. The smallest absolute Gasteiger partial charge is 0.220 e. The number of hydrogen-bond acceptors (Lipinski definition) is 5. The third-order valence-electron chi connectivity index (χ3n) is 7.13. The van der Waals surface area contributed by atoms with Crippen molar-refractivity contribution in [2.45, 2.75) is 89.6 Å². The minimum atomic E-state index is -0.474. The van der Waals surface area contributed by atoms with Gasteiger partial charge in [0.1, 0.15) is 0 Å². The molecule has 168 valence electrons. The molecule has 1 saturated carbocycles. The number of amides is 1. The fourth-order valence-electron chi connectivity index (χ4n) is 5.14. The lowest BCUT2D eigenvalue weighted by Gasteiger charge is -2.36. The van der Waals surface area contributed by atoms with Crippen molar-refractivity contribution in [2.24, 2.45) is 5.41 Å². The zero-order valence-corrected chi connectivity index (χ0v) is 18.3. The zero-order chi connectivity index (χ0) is 21.7. The summed E-state index contributed by atoms with van der Waals surface area (Å²) in [5.74, 6) is 0.0593. The molecular weight excluding hydrogens is 382 g/mol. The highest BCUT2D eigenvalue weighted by Crippen LogP contribution is 2.52.